The minimum absolute atomic E-state index is 0.245. The lowest BCUT2D eigenvalue weighted by atomic mass is 10.3. The van der Waals surface area contributed by atoms with E-state index in [2.05, 4.69) is 15.5 Å². The molecule has 0 aliphatic heterocycles. The van der Waals surface area contributed by atoms with E-state index in [1.807, 2.05) is 0 Å². The molecule has 0 aromatic carbocycles. The largest absolute Gasteiger partial charge is 0.456 e. The second kappa shape index (κ2) is 5.07. The molecule has 0 saturated carbocycles. The minimum atomic E-state index is -0.372. The number of furan rings is 1. The Kier molecular flexibility index (Phi) is 3.30. The molecule has 2 rings (SSSR count). The standard InChI is InChI=1S/C12H11N3O2/c1-9-2-3-11(17-9)12(16)15-14-8-10-4-6-13-7-5-10/h2-8H,1H3,(H,15,16)/b14-8+. The van der Waals surface area contributed by atoms with Crippen LogP contribution < -0.4 is 5.43 Å². The van der Waals surface area contributed by atoms with Crippen LogP contribution in [0.3, 0.4) is 0 Å². The maximum Gasteiger partial charge on any atom is 0.307 e. The smallest absolute Gasteiger partial charge is 0.307 e. The molecule has 0 aliphatic carbocycles. The van der Waals surface area contributed by atoms with Crippen molar-refractivity contribution in [2.24, 2.45) is 5.10 Å². The number of carbonyl (C=O) groups is 1. The van der Waals surface area contributed by atoms with E-state index in [9.17, 15) is 4.79 Å². The highest BCUT2D eigenvalue weighted by atomic mass is 16.3. The normalized spacial score (nSPS) is 10.6. The van der Waals surface area contributed by atoms with Gasteiger partial charge >= 0.3 is 5.91 Å². The predicted molar refractivity (Wildman–Crippen MR) is 62.7 cm³/mol. The zero-order valence-electron chi connectivity index (χ0n) is 9.25. The van der Waals surface area contributed by atoms with Gasteiger partial charge in [0.1, 0.15) is 5.76 Å². The van der Waals surface area contributed by atoms with Crippen molar-refractivity contribution in [2.75, 3.05) is 0 Å². The third kappa shape index (κ3) is 3.01. The number of hydrazone groups is 1. The molecule has 0 spiro atoms. The lowest BCUT2D eigenvalue weighted by molar-refractivity contribution is 0.0926. The second-order valence-corrected chi connectivity index (χ2v) is 3.39. The van der Waals surface area contributed by atoms with Crippen LogP contribution in [0.4, 0.5) is 0 Å². The van der Waals surface area contributed by atoms with E-state index in [0.717, 1.165) is 5.56 Å². The van der Waals surface area contributed by atoms with E-state index in [1.165, 1.54) is 6.21 Å². The van der Waals surface area contributed by atoms with Gasteiger partial charge in [0.15, 0.2) is 5.76 Å². The molecule has 0 unspecified atom stereocenters. The van der Waals surface area contributed by atoms with Crippen molar-refractivity contribution in [3.05, 3.63) is 53.7 Å². The molecule has 86 valence electrons. The van der Waals surface area contributed by atoms with Gasteiger partial charge < -0.3 is 4.42 Å². The molecule has 0 radical (unpaired) electrons. The highest BCUT2D eigenvalue weighted by molar-refractivity contribution is 5.92. The van der Waals surface area contributed by atoms with Gasteiger partial charge in [0.25, 0.3) is 0 Å². The quantitative estimate of drug-likeness (QED) is 0.644. The van der Waals surface area contributed by atoms with Crippen LogP contribution in [0.15, 0.2) is 46.2 Å². The number of amides is 1. The Morgan fingerprint density at radius 2 is 2.12 bits per heavy atom. The summed E-state index contributed by atoms with van der Waals surface area (Å²) in [5, 5.41) is 3.81. The fourth-order valence-corrected chi connectivity index (χ4v) is 1.23. The number of hydrogen-bond donors (Lipinski definition) is 1. The third-order valence-corrected chi connectivity index (χ3v) is 2.05. The molecule has 0 bridgehead atoms. The van der Waals surface area contributed by atoms with E-state index in [1.54, 1.807) is 43.6 Å². The highest BCUT2D eigenvalue weighted by Gasteiger charge is 2.07. The SMILES string of the molecule is Cc1ccc(C(=O)N/N=C/c2ccncc2)o1. The molecule has 1 N–H and O–H groups in total. The fourth-order valence-electron chi connectivity index (χ4n) is 1.23. The summed E-state index contributed by atoms with van der Waals surface area (Å²) in [7, 11) is 0. The molecule has 2 aromatic heterocycles. The number of nitrogens with zero attached hydrogens (tertiary/aromatic N) is 2. The molecule has 17 heavy (non-hydrogen) atoms. The van der Waals surface area contributed by atoms with Crippen molar-refractivity contribution in [3.63, 3.8) is 0 Å². The first-order chi connectivity index (χ1) is 8.25. The van der Waals surface area contributed by atoms with E-state index < -0.39 is 0 Å². The highest BCUT2D eigenvalue weighted by Crippen LogP contribution is 2.05. The van der Waals surface area contributed by atoms with Gasteiger partial charge in [-0.05, 0) is 36.8 Å². The van der Waals surface area contributed by atoms with E-state index in [0.29, 0.717) is 5.76 Å². The van der Waals surface area contributed by atoms with E-state index in [4.69, 9.17) is 4.42 Å². The Bertz CT molecular complexity index is 532. The molecule has 5 nitrogen and oxygen atoms in total. The lowest BCUT2D eigenvalue weighted by Gasteiger charge is -1.95. The van der Waals surface area contributed by atoms with Gasteiger partial charge in [0, 0.05) is 12.4 Å². The number of hydrogen-bond acceptors (Lipinski definition) is 4. The molecule has 1 amide bonds. The Labute approximate surface area is 98.2 Å². The zero-order chi connectivity index (χ0) is 12.1. The van der Waals surface area contributed by atoms with Gasteiger partial charge in [-0.2, -0.15) is 5.10 Å². The number of aromatic nitrogens is 1. The first-order valence-corrected chi connectivity index (χ1v) is 5.05. The molecule has 0 atom stereocenters. The van der Waals surface area contributed by atoms with Crippen LogP contribution in [0, 0.1) is 6.92 Å². The lowest BCUT2D eigenvalue weighted by Crippen LogP contribution is -2.16. The van der Waals surface area contributed by atoms with Crippen molar-refractivity contribution >= 4 is 12.1 Å². The number of nitrogens with one attached hydrogen (secondary N) is 1. The number of pyridine rings is 1. The van der Waals surface area contributed by atoms with Crippen LogP contribution in [0.2, 0.25) is 0 Å². The summed E-state index contributed by atoms with van der Waals surface area (Å²) in [6.07, 6.45) is 4.84. The minimum Gasteiger partial charge on any atom is -0.456 e. The molecule has 2 aromatic rings. The van der Waals surface area contributed by atoms with Crippen LogP contribution in [0.25, 0.3) is 0 Å². The first kappa shape index (κ1) is 11.1. The number of carbonyl (C=O) groups excluding carboxylic acids is 1. The van der Waals surface area contributed by atoms with Crippen molar-refractivity contribution in [1.82, 2.24) is 10.4 Å². The van der Waals surface area contributed by atoms with Gasteiger partial charge in [0.2, 0.25) is 0 Å². The average molecular weight is 229 g/mol. The summed E-state index contributed by atoms with van der Waals surface area (Å²) in [4.78, 5) is 15.4. The Balaban J connectivity index is 1.95. The van der Waals surface area contributed by atoms with Crippen molar-refractivity contribution in [2.45, 2.75) is 6.92 Å². The molecule has 2 heterocycles. The Morgan fingerprint density at radius 3 is 2.76 bits per heavy atom. The maximum atomic E-state index is 11.5. The summed E-state index contributed by atoms with van der Waals surface area (Å²) in [5.74, 6) is 0.561. The predicted octanol–water partition coefficient (Wildman–Crippen LogP) is 1.75. The van der Waals surface area contributed by atoms with E-state index >= 15 is 0 Å². The number of rotatable bonds is 3. The van der Waals surface area contributed by atoms with Crippen molar-refractivity contribution < 1.29 is 9.21 Å². The van der Waals surface area contributed by atoms with Gasteiger partial charge in [-0.3, -0.25) is 9.78 Å². The van der Waals surface area contributed by atoms with E-state index in [-0.39, 0.29) is 11.7 Å². The number of aryl methyl sites for hydroxylation is 1. The summed E-state index contributed by atoms with van der Waals surface area (Å²) in [6.45, 7) is 1.77. The summed E-state index contributed by atoms with van der Waals surface area (Å²) >= 11 is 0. The topological polar surface area (TPSA) is 67.5 Å². The van der Waals surface area contributed by atoms with Crippen LogP contribution in [-0.4, -0.2) is 17.1 Å². The molecule has 0 saturated heterocycles. The molecule has 5 heteroatoms. The Morgan fingerprint density at radius 1 is 1.35 bits per heavy atom. The average Bonchev–Trinajstić information content (AvgIpc) is 2.77. The summed E-state index contributed by atoms with van der Waals surface area (Å²) in [5.41, 5.74) is 3.23. The fraction of sp³-hybridized carbons (Fsp3) is 0.0833. The van der Waals surface area contributed by atoms with Gasteiger partial charge in [-0.25, -0.2) is 5.43 Å². The first-order valence-electron chi connectivity index (χ1n) is 5.05. The summed E-state index contributed by atoms with van der Waals surface area (Å²) < 4.78 is 5.15. The van der Waals surface area contributed by atoms with Gasteiger partial charge in [0.05, 0.1) is 6.21 Å². The maximum absolute atomic E-state index is 11.5. The van der Waals surface area contributed by atoms with Crippen LogP contribution in [0.1, 0.15) is 21.9 Å². The summed E-state index contributed by atoms with van der Waals surface area (Å²) in [6, 6.07) is 6.90. The molecule has 0 fully saturated rings. The Hall–Kier alpha value is -2.43. The monoisotopic (exact) mass is 229 g/mol. The van der Waals surface area contributed by atoms with Crippen LogP contribution in [0.5, 0.6) is 0 Å². The molecule has 0 aliphatic rings. The van der Waals surface area contributed by atoms with Crippen LogP contribution in [-0.2, 0) is 0 Å². The van der Waals surface area contributed by atoms with Gasteiger partial charge in [-0.1, -0.05) is 0 Å². The second-order valence-electron chi connectivity index (χ2n) is 3.39. The third-order valence-electron chi connectivity index (χ3n) is 2.05. The zero-order valence-corrected chi connectivity index (χ0v) is 9.25. The molecular weight excluding hydrogens is 218 g/mol. The molecular formula is C12H11N3O2. The van der Waals surface area contributed by atoms with Crippen LogP contribution >= 0.6 is 0 Å². The van der Waals surface area contributed by atoms with Crippen molar-refractivity contribution in [1.29, 1.82) is 0 Å². The van der Waals surface area contributed by atoms with Crippen molar-refractivity contribution in [3.8, 4) is 0 Å². The van der Waals surface area contributed by atoms with Gasteiger partial charge in [-0.15, -0.1) is 0 Å².